The maximum Gasteiger partial charge on any atom is 0.337 e. The lowest BCUT2D eigenvalue weighted by molar-refractivity contribution is 0.0698. The van der Waals surface area contributed by atoms with E-state index in [1.807, 2.05) is 0 Å². The Morgan fingerprint density at radius 1 is 1.56 bits per heavy atom. The van der Waals surface area contributed by atoms with Crippen molar-refractivity contribution in [3.8, 4) is 0 Å². The van der Waals surface area contributed by atoms with Crippen LogP contribution in [-0.4, -0.2) is 16.2 Å². The fraction of sp³-hybridized carbons (Fsp3) is 0.167. The van der Waals surface area contributed by atoms with Crippen molar-refractivity contribution in [1.29, 1.82) is 0 Å². The summed E-state index contributed by atoms with van der Waals surface area (Å²) in [6.07, 6.45) is 1.48. The summed E-state index contributed by atoms with van der Waals surface area (Å²) in [4.78, 5) is 11.0. The molecule has 1 aromatic carbocycles. The van der Waals surface area contributed by atoms with Crippen LogP contribution in [-0.2, 0) is 6.54 Å². The molecule has 18 heavy (non-hydrogen) atoms. The summed E-state index contributed by atoms with van der Waals surface area (Å²) in [5, 5.41) is 15.9. The average Bonchev–Trinajstić information content (AvgIpc) is 2.83. The molecule has 4 N–H and O–H groups in total. The molecule has 0 saturated heterocycles. The highest BCUT2D eigenvalue weighted by molar-refractivity contribution is 5.95. The minimum atomic E-state index is -1.04. The number of aryl methyl sites for hydroxylation is 1. The van der Waals surface area contributed by atoms with Gasteiger partial charge in [-0.3, -0.25) is 0 Å². The molecule has 0 amide bonds. The van der Waals surface area contributed by atoms with Crippen LogP contribution in [0.5, 0.6) is 0 Å². The lowest BCUT2D eigenvalue weighted by atomic mass is 10.1. The molecular formula is C12H13N3O3. The largest absolute Gasteiger partial charge is 0.478 e. The Bertz CT molecular complexity index is 564. The highest BCUT2D eigenvalue weighted by Crippen LogP contribution is 2.23. The third kappa shape index (κ3) is 2.42. The number of nitrogens with two attached hydrogens (primary N) is 1. The van der Waals surface area contributed by atoms with Gasteiger partial charge in [-0.1, -0.05) is 5.16 Å². The number of anilines is 2. The van der Waals surface area contributed by atoms with E-state index in [4.69, 9.17) is 15.4 Å². The third-order valence-electron chi connectivity index (χ3n) is 2.58. The van der Waals surface area contributed by atoms with Crippen LogP contribution in [0.15, 0.2) is 29.0 Å². The Kier molecular flexibility index (Phi) is 3.18. The highest BCUT2D eigenvalue weighted by Gasteiger charge is 2.11. The fourth-order valence-corrected chi connectivity index (χ4v) is 1.60. The normalized spacial score (nSPS) is 10.3. The SMILES string of the molecule is Cc1cc(NCc2ccon2)cc(C(=O)O)c1N. The first-order chi connectivity index (χ1) is 8.58. The summed E-state index contributed by atoms with van der Waals surface area (Å²) >= 11 is 0. The molecule has 0 spiro atoms. The molecule has 1 heterocycles. The second-order valence-corrected chi connectivity index (χ2v) is 3.90. The molecule has 6 heteroatoms. The first-order valence-corrected chi connectivity index (χ1v) is 5.34. The van der Waals surface area contributed by atoms with Crippen LogP contribution in [0.4, 0.5) is 11.4 Å². The number of benzene rings is 1. The van der Waals surface area contributed by atoms with Crippen molar-refractivity contribution in [2.45, 2.75) is 13.5 Å². The van der Waals surface area contributed by atoms with E-state index in [1.54, 1.807) is 19.1 Å². The molecule has 94 valence electrons. The van der Waals surface area contributed by atoms with E-state index in [-0.39, 0.29) is 11.3 Å². The number of carboxylic acids is 1. The van der Waals surface area contributed by atoms with Crippen molar-refractivity contribution < 1.29 is 14.4 Å². The summed E-state index contributed by atoms with van der Waals surface area (Å²) < 4.78 is 4.70. The monoisotopic (exact) mass is 247 g/mol. The van der Waals surface area contributed by atoms with Crippen molar-refractivity contribution >= 4 is 17.3 Å². The van der Waals surface area contributed by atoms with Crippen LogP contribution in [0.2, 0.25) is 0 Å². The fourth-order valence-electron chi connectivity index (χ4n) is 1.60. The van der Waals surface area contributed by atoms with Crippen LogP contribution >= 0.6 is 0 Å². The number of aromatic nitrogens is 1. The Balaban J connectivity index is 2.21. The van der Waals surface area contributed by atoms with Crippen molar-refractivity contribution in [2.24, 2.45) is 0 Å². The molecule has 0 bridgehead atoms. The zero-order valence-corrected chi connectivity index (χ0v) is 9.80. The Morgan fingerprint density at radius 3 is 2.94 bits per heavy atom. The second-order valence-electron chi connectivity index (χ2n) is 3.90. The predicted molar refractivity (Wildman–Crippen MR) is 66.4 cm³/mol. The van der Waals surface area contributed by atoms with Gasteiger partial charge in [-0.05, 0) is 24.6 Å². The number of hydrogen-bond donors (Lipinski definition) is 3. The summed E-state index contributed by atoms with van der Waals surface area (Å²) in [5.74, 6) is -1.04. The van der Waals surface area contributed by atoms with Crippen LogP contribution in [0.1, 0.15) is 21.6 Å². The quantitative estimate of drug-likeness (QED) is 0.713. The number of nitrogens with zero attached hydrogens (tertiary/aromatic N) is 1. The van der Waals surface area contributed by atoms with Gasteiger partial charge in [0.1, 0.15) is 12.0 Å². The van der Waals surface area contributed by atoms with E-state index in [2.05, 4.69) is 10.5 Å². The van der Waals surface area contributed by atoms with E-state index in [9.17, 15) is 4.79 Å². The molecule has 0 saturated carbocycles. The molecule has 1 aromatic heterocycles. The van der Waals surface area contributed by atoms with E-state index in [0.717, 1.165) is 11.3 Å². The summed E-state index contributed by atoms with van der Waals surface area (Å²) in [5.41, 5.74) is 8.23. The predicted octanol–water partition coefficient (Wildman–Crippen LogP) is 1.88. The maximum atomic E-state index is 11.0. The Morgan fingerprint density at radius 2 is 2.33 bits per heavy atom. The van der Waals surface area contributed by atoms with Crippen LogP contribution in [0.25, 0.3) is 0 Å². The molecule has 0 aliphatic carbocycles. The van der Waals surface area contributed by atoms with Crippen molar-refractivity contribution in [2.75, 3.05) is 11.1 Å². The molecule has 0 aliphatic heterocycles. The van der Waals surface area contributed by atoms with Gasteiger partial charge in [0.05, 0.1) is 12.1 Å². The average molecular weight is 247 g/mol. The van der Waals surface area contributed by atoms with Gasteiger partial charge in [-0.15, -0.1) is 0 Å². The molecule has 6 nitrogen and oxygen atoms in total. The van der Waals surface area contributed by atoms with E-state index in [0.29, 0.717) is 12.2 Å². The van der Waals surface area contributed by atoms with Gasteiger partial charge in [0.15, 0.2) is 0 Å². The maximum absolute atomic E-state index is 11.0. The van der Waals surface area contributed by atoms with Gasteiger partial charge in [0.25, 0.3) is 0 Å². The number of nitrogens with one attached hydrogen (secondary N) is 1. The zero-order valence-electron chi connectivity index (χ0n) is 9.80. The highest BCUT2D eigenvalue weighted by atomic mass is 16.5. The van der Waals surface area contributed by atoms with Gasteiger partial charge in [0.2, 0.25) is 0 Å². The summed E-state index contributed by atoms with van der Waals surface area (Å²) in [7, 11) is 0. The molecular weight excluding hydrogens is 234 g/mol. The minimum absolute atomic E-state index is 0.0950. The smallest absolute Gasteiger partial charge is 0.337 e. The Hall–Kier alpha value is -2.50. The van der Waals surface area contributed by atoms with Crippen LogP contribution in [0, 0.1) is 6.92 Å². The number of nitrogen functional groups attached to an aromatic ring is 1. The molecule has 0 fully saturated rings. The number of rotatable bonds is 4. The molecule has 0 unspecified atom stereocenters. The zero-order chi connectivity index (χ0) is 13.1. The first-order valence-electron chi connectivity index (χ1n) is 5.34. The van der Waals surface area contributed by atoms with Gasteiger partial charge in [0, 0.05) is 17.4 Å². The number of hydrogen-bond acceptors (Lipinski definition) is 5. The summed E-state index contributed by atoms with van der Waals surface area (Å²) in [6, 6.07) is 5.03. The lowest BCUT2D eigenvalue weighted by Gasteiger charge is -2.10. The van der Waals surface area contributed by atoms with Crippen LogP contribution < -0.4 is 11.1 Å². The number of carboxylic acid groups (broad SMARTS) is 1. The standard InChI is InChI=1S/C12H13N3O3/c1-7-4-9(5-10(11(7)13)12(16)17)14-6-8-2-3-18-15-8/h2-5,14H,6,13H2,1H3,(H,16,17). The molecule has 0 atom stereocenters. The van der Waals surface area contributed by atoms with Gasteiger partial charge >= 0.3 is 5.97 Å². The van der Waals surface area contributed by atoms with Gasteiger partial charge in [-0.25, -0.2) is 4.79 Å². The first kappa shape index (κ1) is 12.0. The van der Waals surface area contributed by atoms with Crippen molar-refractivity contribution in [3.63, 3.8) is 0 Å². The summed E-state index contributed by atoms with van der Waals surface area (Å²) in [6.45, 7) is 2.22. The topological polar surface area (TPSA) is 101 Å². The lowest BCUT2D eigenvalue weighted by Crippen LogP contribution is -2.07. The number of carbonyl (C=O) groups is 1. The molecule has 2 aromatic rings. The number of aromatic carboxylic acids is 1. The molecule has 0 aliphatic rings. The molecule has 0 radical (unpaired) electrons. The second kappa shape index (κ2) is 4.79. The van der Waals surface area contributed by atoms with Gasteiger partial charge < -0.3 is 20.7 Å². The van der Waals surface area contributed by atoms with Crippen LogP contribution in [0.3, 0.4) is 0 Å². The third-order valence-corrected chi connectivity index (χ3v) is 2.58. The van der Waals surface area contributed by atoms with Crippen molar-refractivity contribution in [3.05, 3.63) is 41.3 Å². The minimum Gasteiger partial charge on any atom is -0.478 e. The van der Waals surface area contributed by atoms with Gasteiger partial charge in [-0.2, -0.15) is 0 Å². The van der Waals surface area contributed by atoms with Crippen molar-refractivity contribution in [1.82, 2.24) is 5.16 Å². The van der Waals surface area contributed by atoms with E-state index in [1.165, 1.54) is 12.3 Å². The Labute approximate surface area is 103 Å². The van der Waals surface area contributed by atoms with E-state index < -0.39 is 5.97 Å². The molecule has 2 rings (SSSR count). The van der Waals surface area contributed by atoms with E-state index >= 15 is 0 Å².